The van der Waals surface area contributed by atoms with Gasteiger partial charge in [-0.1, -0.05) is 273 Å². The molecule has 1 saturated heterocycles. The molecule has 476 valence electrons. The topological polar surface area (TPSA) is 175 Å². The third-order valence-electron chi connectivity index (χ3n) is 15.8. The van der Waals surface area contributed by atoms with E-state index in [4.69, 9.17) is 14.2 Å². The van der Waals surface area contributed by atoms with Gasteiger partial charge in [-0.25, -0.2) is 0 Å². The standard InChI is InChI=1S/C71H127NO10/c1-4-7-10-13-16-19-22-25-27-28-29-30-31-32-33-34-35-36-37-38-40-43-46-49-52-55-58-64(75)70(79)72-62(63(74)57-54-51-48-45-42-39-24-21-18-15-12-9-6-3)61-80-71-69(68(78)67(77)65(60-73)81-71)82-66(76)59-56-53-50-47-44-41-26-23-20-17-14-11-8-5-2/h16,19,25,27,29-30,32-33,41,44,54,57,62-65,67-69,71,73-75,77-78H,4-15,17-18,20-24,26,28,31,34-40,42-43,45-53,55-56,58-61H2,1-3H3,(H,72,79)/b19-16-,27-25-,30-29-,33-32-,44-41-,57-54+. The number of hydrogen-bond acceptors (Lipinski definition) is 10. The van der Waals surface area contributed by atoms with Crippen molar-refractivity contribution >= 4 is 11.9 Å². The summed E-state index contributed by atoms with van der Waals surface area (Å²) in [5, 5.41) is 57.1. The molecule has 1 aliphatic heterocycles. The zero-order chi connectivity index (χ0) is 59.6. The summed E-state index contributed by atoms with van der Waals surface area (Å²) in [6.45, 7) is 5.77. The Hall–Kier alpha value is -2.90. The number of aliphatic hydroxyl groups excluding tert-OH is 5. The van der Waals surface area contributed by atoms with Gasteiger partial charge in [0.25, 0.3) is 0 Å². The SMILES string of the molecule is CCCCC/C=C\C/C=C\C/C=C\C/C=C\CCCCCCCCCCCCC(O)C(=O)NC(COC1OC(CO)C(O)C(O)C1OC(=O)CCCCC/C=C\CCCCCCCCC)C(O)/C=C/CCCCCCCCCCCCC. The average Bonchev–Trinajstić information content (AvgIpc) is 3.55. The fourth-order valence-electron chi connectivity index (χ4n) is 10.4. The average molecular weight is 1150 g/mol. The van der Waals surface area contributed by atoms with Crippen LogP contribution in [0, 0.1) is 0 Å². The predicted octanol–water partition coefficient (Wildman–Crippen LogP) is 17.1. The minimum absolute atomic E-state index is 0.102. The number of allylic oxidation sites excluding steroid dienone is 11. The van der Waals surface area contributed by atoms with Gasteiger partial charge >= 0.3 is 5.97 Å². The van der Waals surface area contributed by atoms with E-state index in [0.717, 1.165) is 89.9 Å². The van der Waals surface area contributed by atoms with E-state index in [1.54, 1.807) is 6.08 Å². The largest absolute Gasteiger partial charge is 0.454 e. The number of nitrogens with one attached hydrogen (secondary N) is 1. The van der Waals surface area contributed by atoms with Gasteiger partial charge < -0.3 is 45.1 Å². The number of amides is 1. The lowest BCUT2D eigenvalue weighted by molar-refractivity contribution is -0.305. The van der Waals surface area contributed by atoms with E-state index in [2.05, 4.69) is 86.8 Å². The van der Waals surface area contributed by atoms with Crippen molar-refractivity contribution in [2.24, 2.45) is 0 Å². The van der Waals surface area contributed by atoms with Crippen molar-refractivity contribution in [2.45, 2.75) is 352 Å². The number of rotatable bonds is 58. The fourth-order valence-corrected chi connectivity index (χ4v) is 10.4. The Morgan fingerprint density at radius 3 is 1.29 bits per heavy atom. The first kappa shape index (κ1) is 77.1. The van der Waals surface area contributed by atoms with Crippen LogP contribution < -0.4 is 5.32 Å². The molecule has 0 saturated carbocycles. The summed E-state index contributed by atoms with van der Waals surface area (Å²) in [4.78, 5) is 26.6. The van der Waals surface area contributed by atoms with E-state index < -0.39 is 67.4 Å². The summed E-state index contributed by atoms with van der Waals surface area (Å²) in [5.41, 5.74) is 0. The van der Waals surface area contributed by atoms with E-state index in [9.17, 15) is 35.1 Å². The van der Waals surface area contributed by atoms with Crippen LogP contribution in [0.25, 0.3) is 0 Å². The molecular formula is C71H127NO10. The van der Waals surface area contributed by atoms with Gasteiger partial charge in [-0.15, -0.1) is 0 Å². The summed E-state index contributed by atoms with van der Waals surface area (Å²) in [6, 6.07) is -1.03. The molecule has 0 aromatic rings. The van der Waals surface area contributed by atoms with Gasteiger partial charge in [0, 0.05) is 6.42 Å². The highest BCUT2D eigenvalue weighted by molar-refractivity contribution is 5.80. The molecule has 0 radical (unpaired) electrons. The van der Waals surface area contributed by atoms with Crippen LogP contribution in [0.2, 0.25) is 0 Å². The Morgan fingerprint density at radius 2 is 0.841 bits per heavy atom. The Bertz CT molecular complexity index is 1610. The maximum absolute atomic E-state index is 13.5. The summed E-state index contributed by atoms with van der Waals surface area (Å²) in [6.07, 6.45) is 65.1. The Labute approximate surface area is 502 Å². The molecule has 11 nitrogen and oxygen atoms in total. The number of esters is 1. The molecule has 0 aromatic carbocycles. The van der Waals surface area contributed by atoms with Crippen LogP contribution in [0.4, 0.5) is 0 Å². The molecule has 0 spiro atoms. The van der Waals surface area contributed by atoms with Crippen molar-refractivity contribution in [1.82, 2.24) is 5.32 Å². The third kappa shape index (κ3) is 45.5. The van der Waals surface area contributed by atoms with E-state index >= 15 is 0 Å². The maximum Gasteiger partial charge on any atom is 0.306 e. The molecule has 8 atom stereocenters. The van der Waals surface area contributed by atoms with Gasteiger partial charge in [0.2, 0.25) is 5.91 Å². The zero-order valence-electron chi connectivity index (χ0n) is 52.9. The third-order valence-corrected chi connectivity index (χ3v) is 15.8. The molecule has 11 heteroatoms. The molecule has 0 aliphatic carbocycles. The summed E-state index contributed by atoms with van der Waals surface area (Å²) in [7, 11) is 0. The summed E-state index contributed by atoms with van der Waals surface area (Å²) in [5.74, 6) is -1.21. The van der Waals surface area contributed by atoms with Crippen molar-refractivity contribution in [1.29, 1.82) is 0 Å². The molecule has 6 N–H and O–H groups in total. The van der Waals surface area contributed by atoms with E-state index in [1.165, 1.54) is 167 Å². The molecule has 0 bridgehead atoms. The van der Waals surface area contributed by atoms with Gasteiger partial charge in [-0.2, -0.15) is 0 Å². The Balaban J connectivity index is 2.60. The number of unbranched alkanes of at least 4 members (excludes halogenated alkanes) is 34. The second-order valence-corrected chi connectivity index (χ2v) is 23.6. The maximum atomic E-state index is 13.5. The zero-order valence-corrected chi connectivity index (χ0v) is 52.9. The minimum Gasteiger partial charge on any atom is -0.454 e. The predicted molar refractivity (Wildman–Crippen MR) is 343 cm³/mol. The molecule has 1 amide bonds. The first-order valence-corrected chi connectivity index (χ1v) is 34.2. The molecule has 1 fully saturated rings. The van der Waals surface area contributed by atoms with Crippen LogP contribution >= 0.6 is 0 Å². The smallest absolute Gasteiger partial charge is 0.306 e. The van der Waals surface area contributed by atoms with Crippen LogP contribution in [-0.2, 0) is 23.8 Å². The molecular weight excluding hydrogens is 1030 g/mol. The number of hydrogen-bond donors (Lipinski definition) is 6. The van der Waals surface area contributed by atoms with E-state index in [1.807, 2.05) is 6.08 Å². The van der Waals surface area contributed by atoms with Crippen LogP contribution in [-0.4, -0.2) is 99.6 Å². The lowest BCUT2D eigenvalue weighted by atomic mass is 9.99. The molecule has 0 aromatic heterocycles. The van der Waals surface area contributed by atoms with Crippen LogP contribution in [0.15, 0.2) is 72.9 Å². The van der Waals surface area contributed by atoms with Gasteiger partial charge in [0.15, 0.2) is 12.4 Å². The van der Waals surface area contributed by atoms with Gasteiger partial charge in [0.1, 0.15) is 24.4 Å². The monoisotopic (exact) mass is 1150 g/mol. The van der Waals surface area contributed by atoms with Gasteiger partial charge in [-0.05, 0) is 96.3 Å². The highest BCUT2D eigenvalue weighted by atomic mass is 16.7. The first-order chi connectivity index (χ1) is 40.2. The normalized spacial score (nSPS) is 19.0. The fraction of sp³-hybridized carbons (Fsp3) is 0.803. The second-order valence-electron chi connectivity index (χ2n) is 23.6. The highest BCUT2D eigenvalue weighted by Gasteiger charge is 2.47. The van der Waals surface area contributed by atoms with E-state index in [0.29, 0.717) is 12.8 Å². The summed E-state index contributed by atoms with van der Waals surface area (Å²) >= 11 is 0. The van der Waals surface area contributed by atoms with Crippen LogP contribution in [0.1, 0.15) is 303 Å². The number of aliphatic hydroxyl groups is 5. The number of carbonyl (C=O) groups is 2. The number of carbonyl (C=O) groups excluding carboxylic acids is 2. The van der Waals surface area contributed by atoms with Crippen molar-refractivity contribution in [3.8, 4) is 0 Å². The van der Waals surface area contributed by atoms with Gasteiger partial charge in [0.05, 0.1) is 25.4 Å². The van der Waals surface area contributed by atoms with Crippen molar-refractivity contribution < 1.29 is 49.3 Å². The molecule has 82 heavy (non-hydrogen) atoms. The van der Waals surface area contributed by atoms with E-state index in [-0.39, 0.29) is 19.4 Å². The quantitative estimate of drug-likeness (QED) is 0.0195. The highest BCUT2D eigenvalue weighted by Crippen LogP contribution is 2.26. The molecule has 1 aliphatic rings. The Kier molecular flexibility index (Phi) is 55.0. The van der Waals surface area contributed by atoms with Crippen molar-refractivity contribution in [2.75, 3.05) is 13.2 Å². The van der Waals surface area contributed by atoms with Gasteiger partial charge in [-0.3, -0.25) is 9.59 Å². The summed E-state index contributed by atoms with van der Waals surface area (Å²) < 4.78 is 17.6. The van der Waals surface area contributed by atoms with Crippen molar-refractivity contribution in [3.05, 3.63) is 72.9 Å². The molecule has 8 unspecified atom stereocenters. The van der Waals surface area contributed by atoms with Crippen molar-refractivity contribution in [3.63, 3.8) is 0 Å². The van der Waals surface area contributed by atoms with Crippen LogP contribution in [0.3, 0.4) is 0 Å². The number of ether oxygens (including phenoxy) is 3. The molecule has 1 heterocycles. The minimum atomic E-state index is -1.62. The lowest BCUT2D eigenvalue weighted by Gasteiger charge is -2.41. The molecule has 1 rings (SSSR count). The first-order valence-electron chi connectivity index (χ1n) is 34.2. The second kappa shape index (κ2) is 58.5. The lowest BCUT2D eigenvalue weighted by Crippen LogP contribution is -2.61. The Morgan fingerprint density at radius 1 is 0.476 bits per heavy atom. The van der Waals surface area contributed by atoms with Crippen LogP contribution in [0.5, 0.6) is 0 Å².